The molecule has 2 N–H and O–H groups in total. The van der Waals surface area contributed by atoms with Crippen molar-refractivity contribution in [1.29, 1.82) is 0 Å². The Balaban J connectivity index is 1.31. The van der Waals surface area contributed by atoms with Crippen LogP contribution in [0.1, 0.15) is 24.8 Å². The van der Waals surface area contributed by atoms with Gasteiger partial charge in [-0.1, -0.05) is 24.3 Å². The first-order valence-corrected chi connectivity index (χ1v) is 9.98. The van der Waals surface area contributed by atoms with Crippen LogP contribution in [0.25, 0.3) is 0 Å². The number of rotatable bonds is 9. The normalized spacial score (nSPS) is 19.7. The van der Waals surface area contributed by atoms with Crippen LogP contribution in [-0.4, -0.2) is 58.6 Å². The van der Waals surface area contributed by atoms with Crippen LogP contribution in [0.5, 0.6) is 0 Å². The second-order valence-corrected chi connectivity index (χ2v) is 6.96. The fourth-order valence-corrected chi connectivity index (χ4v) is 3.33. The standard InChI is InChI=1S/C21H32N4O2/c1-22-21(23-10-6-13-26-17-20-9-5-14-27-20)24-16-18-7-4-8-19(15-18)25-11-2-3-12-25/h2-4,7-8,15,20H,5-6,9-14,16-17H2,1H3,(H2,22,23,24). The van der Waals surface area contributed by atoms with E-state index in [1.807, 2.05) is 0 Å². The maximum absolute atomic E-state index is 5.69. The van der Waals surface area contributed by atoms with Gasteiger partial charge >= 0.3 is 0 Å². The van der Waals surface area contributed by atoms with Crippen molar-refractivity contribution < 1.29 is 9.47 Å². The van der Waals surface area contributed by atoms with Gasteiger partial charge in [0.2, 0.25) is 0 Å². The highest BCUT2D eigenvalue weighted by Gasteiger charge is 2.14. The summed E-state index contributed by atoms with van der Waals surface area (Å²) >= 11 is 0. The molecule has 1 atom stereocenters. The molecule has 1 aromatic rings. The lowest BCUT2D eigenvalue weighted by molar-refractivity contribution is 0.0168. The predicted octanol–water partition coefficient (Wildman–Crippen LogP) is 2.31. The van der Waals surface area contributed by atoms with Crippen LogP contribution in [0.4, 0.5) is 5.69 Å². The number of hydrogen-bond donors (Lipinski definition) is 2. The molecule has 6 heteroatoms. The highest BCUT2D eigenvalue weighted by Crippen LogP contribution is 2.18. The van der Waals surface area contributed by atoms with Gasteiger partial charge in [0.05, 0.1) is 12.7 Å². The molecule has 0 saturated carbocycles. The van der Waals surface area contributed by atoms with Crippen molar-refractivity contribution in [1.82, 2.24) is 10.6 Å². The van der Waals surface area contributed by atoms with Gasteiger partial charge in [-0.15, -0.1) is 0 Å². The molecule has 148 valence electrons. The number of nitrogens with zero attached hydrogens (tertiary/aromatic N) is 2. The number of anilines is 1. The van der Waals surface area contributed by atoms with E-state index in [0.29, 0.717) is 6.10 Å². The van der Waals surface area contributed by atoms with E-state index in [1.54, 1.807) is 7.05 Å². The number of guanidine groups is 1. The predicted molar refractivity (Wildman–Crippen MR) is 110 cm³/mol. The van der Waals surface area contributed by atoms with Crippen LogP contribution >= 0.6 is 0 Å². The van der Waals surface area contributed by atoms with E-state index in [2.05, 4.69) is 56.9 Å². The molecule has 0 spiro atoms. The van der Waals surface area contributed by atoms with Gasteiger partial charge in [0.25, 0.3) is 0 Å². The Labute approximate surface area is 162 Å². The molecule has 1 aromatic carbocycles. The molecule has 0 bridgehead atoms. The molecule has 0 aromatic heterocycles. The van der Waals surface area contributed by atoms with Crippen LogP contribution in [0.15, 0.2) is 41.4 Å². The Morgan fingerprint density at radius 1 is 1.30 bits per heavy atom. The minimum atomic E-state index is 0.305. The zero-order valence-corrected chi connectivity index (χ0v) is 16.3. The van der Waals surface area contributed by atoms with Gasteiger partial charge in [-0.2, -0.15) is 0 Å². The maximum Gasteiger partial charge on any atom is 0.191 e. The van der Waals surface area contributed by atoms with E-state index in [-0.39, 0.29) is 0 Å². The monoisotopic (exact) mass is 372 g/mol. The molecular weight excluding hydrogens is 340 g/mol. The number of ether oxygens (including phenoxy) is 2. The lowest BCUT2D eigenvalue weighted by Crippen LogP contribution is -2.37. The van der Waals surface area contributed by atoms with Crippen molar-refractivity contribution in [2.75, 3.05) is 51.4 Å². The number of hydrogen-bond acceptors (Lipinski definition) is 4. The van der Waals surface area contributed by atoms with Crippen molar-refractivity contribution >= 4 is 11.6 Å². The first-order valence-electron chi connectivity index (χ1n) is 9.98. The summed E-state index contributed by atoms with van der Waals surface area (Å²) in [4.78, 5) is 6.65. The second kappa shape index (κ2) is 10.9. The third kappa shape index (κ3) is 6.56. The first-order chi connectivity index (χ1) is 13.3. The largest absolute Gasteiger partial charge is 0.379 e. The van der Waals surface area contributed by atoms with Gasteiger partial charge in [0.1, 0.15) is 0 Å². The van der Waals surface area contributed by atoms with Crippen molar-refractivity contribution in [2.24, 2.45) is 4.99 Å². The third-order valence-electron chi connectivity index (χ3n) is 4.86. The SMILES string of the molecule is CN=C(NCCCOCC1CCCO1)NCc1cccc(N2CC=CC2)c1. The summed E-state index contributed by atoms with van der Waals surface area (Å²) in [6, 6.07) is 8.67. The van der Waals surface area contributed by atoms with Crippen LogP contribution in [0, 0.1) is 0 Å². The second-order valence-electron chi connectivity index (χ2n) is 6.96. The zero-order chi connectivity index (χ0) is 18.7. The molecule has 27 heavy (non-hydrogen) atoms. The highest BCUT2D eigenvalue weighted by atomic mass is 16.5. The first kappa shape index (κ1) is 19.7. The smallest absolute Gasteiger partial charge is 0.191 e. The summed E-state index contributed by atoms with van der Waals surface area (Å²) in [6.07, 6.45) is 7.96. The van der Waals surface area contributed by atoms with Gasteiger partial charge in [0.15, 0.2) is 5.96 Å². The lowest BCUT2D eigenvalue weighted by atomic mass is 10.2. The third-order valence-corrected chi connectivity index (χ3v) is 4.86. The number of aliphatic imine (C=N–C) groups is 1. The minimum Gasteiger partial charge on any atom is -0.379 e. The van der Waals surface area contributed by atoms with E-state index in [1.165, 1.54) is 11.3 Å². The summed E-state index contributed by atoms with van der Waals surface area (Å²) < 4.78 is 11.2. The van der Waals surface area contributed by atoms with Gasteiger partial charge in [-0.05, 0) is 37.0 Å². The summed E-state index contributed by atoms with van der Waals surface area (Å²) in [7, 11) is 1.80. The average molecular weight is 373 g/mol. The van der Waals surface area contributed by atoms with Gasteiger partial charge in [0, 0.05) is 52.1 Å². The molecule has 6 nitrogen and oxygen atoms in total. The molecule has 1 fully saturated rings. The molecule has 1 unspecified atom stereocenters. The molecule has 0 amide bonds. The van der Waals surface area contributed by atoms with E-state index >= 15 is 0 Å². The van der Waals surface area contributed by atoms with Crippen LogP contribution in [0.2, 0.25) is 0 Å². The maximum atomic E-state index is 5.69. The number of nitrogens with one attached hydrogen (secondary N) is 2. The highest BCUT2D eigenvalue weighted by molar-refractivity contribution is 5.79. The lowest BCUT2D eigenvalue weighted by Gasteiger charge is -2.19. The average Bonchev–Trinajstić information content (AvgIpc) is 3.41. The summed E-state index contributed by atoms with van der Waals surface area (Å²) in [6.45, 7) is 5.93. The molecular formula is C21H32N4O2. The molecule has 2 heterocycles. The van der Waals surface area contributed by atoms with E-state index in [0.717, 1.165) is 71.2 Å². The number of benzene rings is 1. The fraction of sp³-hybridized carbons (Fsp3) is 0.571. The minimum absolute atomic E-state index is 0.305. The Hall–Kier alpha value is -2.05. The van der Waals surface area contributed by atoms with E-state index in [4.69, 9.17) is 9.47 Å². The summed E-state index contributed by atoms with van der Waals surface area (Å²) in [5.74, 6) is 0.822. The van der Waals surface area contributed by atoms with Crippen molar-refractivity contribution in [3.8, 4) is 0 Å². The Morgan fingerprint density at radius 3 is 2.96 bits per heavy atom. The fourth-order valence-electron chi connectivity index (χ4n) is 3.33. The quantitative estimate of drug-likeness (QED) is 0.302. The van der Waals surface area contributed by atoms with Gasteiger partial charge < -0.3 is 25.0 Å². The molecule has 1 saturated heterocycles. The van der Waals surface area contributed by atoms with Crippen LogP contribution in [0.3, 0.4) is 0 Å². The Morgan fingerprint density at radius 2 is 2.19 bits per heavy atom. The molecule has 2 aliphatic heterocycles. The molecule has 2 aliphatic rings. The van der Waals surface area contributed by atoms with Gasteiger partial charge in [-0.3, -0.25) is 4.99 Å². The zero-order valence-electron chi connectivity index (χ0n) is 16.3. The Kier molecular flexibility index (Phi) is 7.99. The molecule has 3 rings (SSSR count). The van der Waals surface area contributed by atoms with Gasteiger partial charge in [-0.25, -0.2) is 0 Å². The Bertz CT molecular complexity index is 618. The van der Waals surface area contributed by atoms with Crippen LogP contribution in [-0.2, 0) is 16.0 Å². The van der Waals surface area contributed by atoms with E-state index < -0.39 is 0 Å². The van der Waals surface area contributed by atoms with Crippen LogP contribution < -0.4 is 15.5 Å². The van der Waals surface area contributed by atoms with Crippen molar-refractivity contribution in [2.45, 2.75) is 31.9 Å². The summed E-state index contributed by atoms with van der Waals surface area (Å²) in [5, 5.41) is 6.73. The molecule has 0 radical (unpaired) electrons. The van der Waals surface area contributed by atoms with E-state index in [9.17, 15) is 0 Å². The summed E-state index contributed by atoms with van der Waals surface area (Å²) in [5.41, 5.74) is 2.52. The molecule has 0 aliphatic carbocycles. The topological polar surface area (TPSA) is 58.1 Å². The van der Waals surface area contributed by atoms with Crippen molar-refractivity contribution in [3.05, 3.63) is 42.0 Å². The van der Waals surface area contributed by atoms with Crippen molar-refractivity contribution in [3.63, 3.8) is 0 Å².